The summed E-state index contributed by atoms with van der Waals surface area (Å²) in [5.74, 6) is -3.07. The third-order valence-corrected chi connectivity index (χ3v) is 9.77. The lowest BCUT2D eigenvalue weighted by Crippen LogP contribution is -2.59. The second kappa shape index (κ2) is 16.6. The number of hydrogen-bond donors (Lipinski definition) is 2. The molecule has 3 amide bonds. The maximum absolute atomic E-state index is 14.6. The number of carbonyl (C=O) groups excluding carboxylic acids is 4. The van der Waals surface area contributed by atoms with Crippen molar-refractivity contribution in [3.05, 3.63) is 61.2 Å². The van der Waals surface area contributed by atoms with Gasteiger partial charge in [-0.15, -0.1) is 13.2 Å². The highest BCUT2D eigenvalue weighted by molar-refractivity contribution is 5.98. The third kappa shape index (κ3) is 7.81. The van der Waals surface area contributed by atoms with Gasteiger partial charge in [-0.05, 0) is 43.6 Å². The molecule has 1 aromatic carbocycles. The minimum Gasteiger partial charge on any atom is -0.455 e. The van der Waals surface area contributed by atoms with Crippen molar-refractivity contribution in [2.75, 3.05) is 26.2 Å². The second-order valence-corrected chi connectivity index (χ2v) is 13.5. The molecule has 4 rings (SSSR count). The van der Waals surface area contributed by atoms with E-state index in [1.54, 1.807) is 22.0 Å². The molecule has 0 aromatic heterocycles. The van der Waals surface area contributed by atoms with Crippen LogP contribution in [0, 0.1) is 17.8 Å². The fraction of sp³-hybridized carbons (Fsp3) is 0.622. The molecule has 258 valence electrons. The van der Waals surface area contributed by atoms with Crippen LogP contribution in [-0.2, 0) is 28.7 Å². The van der Waals surface area contributed by atoms with Gasteiger partial charge in [0.2, 0.25) is 17.7 Å². The van der Waals surface area contributed by atoms with Crippen molar-refractivity contribution < 1.29 is 33.8 Å². The number of likely N-dealkylation sites (tertiary alicyclic amines) is 1. The van der Waals surface area contributed by atoms with Crippen LogP contribution in [0.25, 0.3) is 0 Å². The quantitative estimate of drug-likeness (QED) is 0.130. The largest absolute Gasteiger partial charge is 0.455 e. The van der Waals surface area contributed by atoms with Crippen LogP contribution in [0.3, 0.4) is 0 Å². The van der Waals surface area contributed by atoms with E-state index in [0.717, 1.165) is 19.3 Å². The van der Waals surface area contributed by atoms with Gasteiger partial charge < -0.3 is 29.7 Å². The highest BCUT2D eigenvalue weighted by Gasteiger charge is 2.75. The summed E-state index contributed by atoms with van der Waals surface area (Å²) in [6.07, 6.45) is 6.98. The van der Waals surface area contributed by atoms with E-state index in [1.165, 1.54) is 0 Å². The summed E-state index contributed by atoms with van der Waals surface area (Å²) >= 11 is 0. The maximum Gasteiger partial charge on any atom is 0.313 e. The summed E-state index contributed by atoms with van der Waals surface area (Å²) in [5, 5.41) is 13.4. The zero-order valence-electron chi connectivity index (χ0n) is 28.3. The summed E-state index contributed by atoms with van der Waals surface area (Å²) in [7, 11) is 0. The summed E-state index contributed by atoms with van der Waals surface area (Å²) < 4.78 is 12.8. The van der Waals surface area contributed by atoms with Crippen molar-refractivity contribution in [1.29, 1.82) is 0 Å². The molecule has 1 aromatic rings. The molecule has 0 unspecified atom stereocenters. The number of nitrogens with one attached hydrogen (secondary N) is 1. The van der Waals surface area contributed by atoms with Gasteiger partial charge in [0.1, 0.15) is 17.7 Å². The smallest absolute Gasteiger partial charge is 0.313 e. The molecule has 3 heterocycles. The van der Waals surface area contributed by atoms with Crippen molar-refractivity contribution in [2.45, 2.75) is 102 Å². The number of rotatable bonds is 19. The van der Waals surface area contributed by atoms with E-state index >= 15 is 0 Å². The lowest BCUT2D eigenvalue weighted by atomic mass is 9.70. The number of aliphatic hydroxyl groups excluding tert-OH is 1. The molecule has 0 radical (unpaired) electrons. The second-order valence-electron chi connectivity index (χ2n) is 13.5. The van der Waals surface area contributed by atoms with Crippen LogP contribution < -0.4 is 5.32 Å². The van der Waals surface area contributed by atoms with E-state index in [-0.39, 0.29) is 43.2 Å². The number of unbranched alkanes of at least 4 members (excludes halogenated alkanes) is 2. The van der Waals surface area contributed by atoms with Gasteiger partial charge in [-0.2, -0.15) is 0 Å². The van der Waals surface area contributed by atoms with Crippen LogP contribution in [0.15, 0.2) is 55.6 Å². The first-order valence-corrected chi connectivity index (χ1v) is 17.3. The fourth-order valence-electron chi connectivity index (χ4n) is 7.67. The number of fused-ring (bicyclic) bond motifs is 1. The van der Waals surface area contributed by atoms with E-state index < -0.39 is 47.7 Å². The van der Waals surface area contributed by atoms with Crippen LogP contribution in [-0.4, -0.2) is 88.6 Å². The van der Waals surface area contributed by atoms with E-state index in [1.807, 2.05) is 44.2 Å². The van der Waals surface area contributed by atoms with Crippen molar-refractivity contribution in [3.8, 4) is 0 Å². The van der Waals surface area contributed by atoms with Crippen LogP contribution in [0.1, 0.15) is 83.8 Å². The maximum atomic E-state index is 14.6. The molecule has 3 aliphatic heterocycles. The molecule has 3 saturated heterocycles. The molecule has 1 spiro atoms. The molecule has 3 aliphatic rings. The predicted molar refractivity (Wildman–Crippen MR) is 179 cm³/mol. The molecular formula is C37H53N3O7. The lowest BCUT2D eigenvalue weighted by molar-refractivity contribution is -0.161. The molecule has 0 saturated carbocycles. The summed E-state index contributed by atoms with van der Waals surface area (Å²) in [6, 6.07) is 7.59. The van der Waals surface area contributed by atoms with Crippen LogP contribution in [0.4, 0.5) is 0 Å². The van der Waals surface area contributed by atoms with Gasteiger partial charge in [0.05, 0.1) is 37.1 Å². The topological polar surface area (TPSA) is 125 Å². The predicted octanol–water partition coefficient (Wildman–Crippen LogP) is 4.34. The van der Waals surface area contributed by atoms with Crippen molar-refractivity contribution in [3.63, 3.8) is 0 Å². The van der Waals surface area contributed by atoms with Gasteiger partial charge >= 0.3 is 5.97 Å². The molecule has 3 fully saturated rings. The van der Waals surface area contributed by atoms with Gasteiger partial charge in [0.15, 0.2) is 0 Å². The number of carbonyl (C=O) groups is 4. The molecule has 7 atom stereocenters. The lowest BCUT2D eigenvalue weighted by Gasteiger charge is -2.39. The number of ether oxygens (including phenoxy) is 2. The van der Waals surface area contributed by atoms with Crippen LogP contribution >= 0.6 is 0 Å². The number of benzene rings is 1. The Balaban J connectivity index is 1.67. The van der Waals surface area contributed by atoms with Gasteiger partial charge in [0, 0.05) is 19.5 Å². The highest BCUT2D eigenvalue weighted by Crippen LogP contribution is 2.59. The van der Waals surface area contributed by atoms with Crippen LogP contribution in [0.2, 0.25) is 0 Å². The monoisotopic (exact) mass is 651 g/mol. The third-order valence-electron chi connectivity index (χ3n) is 9.77. The molecule has 0 aliphatic carbocycles. The Morgan fingerprint density at radius 3 is 2.57 bits per heavy atom. The van der Waals surface area contributed by atoms with E-state index in [4.69, 9.17) is 9.47 Å². The highest BCUT2D eigenvalue weighted by atomic mass is 16.6. The first-order valence-electron chi connectivity index (χ1n) is 17.3. The van der Waals surface area contributed by atoms with Gasteiger partial charge in [-0.3, -0.25) is 19.2 Å². The average molecular weight is 652 g/mol. The molecule has 47 heavy (non-hydrogen) atoms. The zero-order chi connectivity index (χ0) is 34.1. The molecule has 2 N–H and O–H groups in total. The molecule has 2 bridgehead atoms. The number of amides is 3. The Labute approximate surface area is 279 Å². The first kappa shape index (κ1) is 36.3. The van der Waals surface area contributed by atoms with Gasteiger partial charge in [-0.25, -0.2) is 0 Å². The first-order chi connectivity index (χ1) is 22.6. The number of esters is 1. The summed E-state index contributed by atoms with van der Waals surface area (Å²) in [6.45, 7) is 14.2. The van der Waals surface area contributed by atoms with E-state index in [2.05, 4.69) is 25.4 Å². The minimum absolute atomic E-state index is 0.0657. The Kier molecular flexibility index (Phi) is 12.8. The number of hydrogen-bond acceptors (Lipinski definition) is 7. The van der Waals surface area contributed by atoms with Crippen molar-refractivity contribution in [1.82, 2.24) is 15.1 Å². The zero-order valence-corrected chi connectivity index (χ0v) is 28.3. The molecule has 10 heteroatoms. The number of allylic oxidation sites excluding steroid dienone is 1. The normalized spacial score (nSPS) is 25.7. The van der Waals surface area contributed by atoms with Crippen molar-refractivity contribution in [2.24, 2.45) is 17.8 Å². The Hall–Kier alpha value is -3.50. The van der Waals surface area contributed by atoms with Crippen molar-refractivity contribution >= 4 is 23.7 Å². The molecule has 10 nitrogen and oxygen atoms in total. The Morgan fingerprint density at radius 1 is 1.19 bits per heavy atom. The SMILES string of the molecule is C=CCCC(=O)NC[C@H](OC(=O)[C@@H]1[C@H]2C(=O)N([C@@H](CO)CC(C)C)[C@H](C(=O)N(CC=C)CCCCC)[C@]23CC[C@H]1O3)c1ccccc1. The number of aliphatic hydroxyl groups is 1. The summed E-state index contributed by atoms with van der Waals surface area (Å²) in [5.41, 5.74) is -0.501. The van der Waals surface area contributed by atoms with Gasteiger partial charge in [0.25, 0.3) is 0 Å². The standard InChI is InChI=1S/C37H53N3O7/c1-6-9-14-21-39(20-8-3)35(44)33-37-19-18-28(47-37)31(32(37)34(43)40(33)27(24-41)22-25(4)5)36(45)46-29(26-15-12-11-13-16-26)23-38-30(42)17-10-7-2/h7-8,11-13,15-16,25,27-29,31-33,41H,2-3,6,9-10,14,17-24H2,1,4-5H3,(H,38,42)/t27-,28-,29+,31+,32+,33-,37+/m1/s1. The van der Waals surface area contributed by atoms with Crippen LogP contribution in [0.5, 0.6) is 0 Å². The minimum atomic E-state index is -1.21. The van der Waals surface area contributed by atoms with E-state index in [0.29, 0.717) is 44.3 Å². The fourth-order valence-corrected chi connectivity index (χ4v) is 7.67. The summed E-state index contributed by atoms with van der Waals surface area (Å²) in [4.78, 5) is 59.0. The molecular weight excluding hydrogens is 598 g/mol. The van der Waals surface area contributed by atoms with E-state index in [9.17, 15) is 24.3 Å². The van der Waals surface area contributed by atoms with Gasteiger partial charge in [-0.1, -0.05) is 76.1 Å². The Morgan fingerprint density at radius 2 is 1.94 bits per heavy atom. The Bertz CT molecular complexity index is 1270. The number of nitrogens with zero attached hydrogens (tertiary/aromatic N) is 2. The average Bonchev–Trinajstić information content (AvgIpc) is 3.71.